The minimum Gasteiger partial charge on any atom is -0.261 e. The van der Waals surface area contributed by atoms with E-state index in [1.807, 2.05) is 12.1 Å². The average molecular weight is 272 g/mol. The summed E-state index contributed by atoms with van der Waals surface area (Å²) in [5, 5.41) is 17.5. The van der Waals surface area contributed by atoms with E-state index >= 15 is 0 Å². The van der Waals surface area contributed by atoms with Gasteiger partial charge < -0.3 is 0 Å². The fraction of sp³-hybridized carbons (Fsp3) is 0.0588. The van der Waals surface area contributed by atoms with Gasteiger partial charge in [0, 0.05) is 5.56 Å². The van der Waals surface area contributed by atoms with Crippen LogP contribution in [0.4, 0.5) is 0 Å². The fourth-order valence-electron chi connectivity index (χ4n) is 1.78. The summed E-state index contributed by atoms with van der Waals surface area (Å²) in [5.41, 5.74) is 3.02. The second-order valence-electron chi connectivity index (χ2n) is 4.30. The van der Waals surface area contributed by atoms with Crippen molar-refractivity contribution >= 4 is 12.6 Å². The first-order valence-electron chi connectivity index (χ1n) is 6.27. The Balaban J connectivity index is 2.18. The zero-order chi connectivity index (χ0) is 15.1. The standard InChI is InChI=1S/C17H12N4/c1-20-17(16-8-6-14(11-19)7-9-16)21-12-15-4-2-13(10-18)3-5-15/h2-9H,1,12H2. The molecule has 0 aromatic heterocycles. The van der Waals surface area contributed by atoms with Crippen molar-refractivity contribution in [3.05, 3.63) is 70.8 Å². The summed E-state index contributed by atoms with van der Waals surface area (Å²) < 4.78 is 0. The second kappa shape index (κ2) is 6.79. The lowest BCUT2D eigenvalue weighted by Gasteiger charge is -2.02. The molecule has 100 valence electrons. The highest BCUT2D eigenvalue weighted by atomic mass is 14.9. The molecule has 2 aromatic carbocycles. The molecule has 0 unspecified atom stereocenters. The normalized spacial score (nSPS) is 10.5. The van der Waals surface area contributed by atoms with Crippen LogP contribution in [0.2, 0.25) is 0 Å². The van der Waals surface area contributed by atoms with E-state index in [1.54, 1.807) is 36.4 Å². The molecule has 0 atom stereocenters. The number of benzene rings is 2. The number of nitriles is 2. The number of hydrogen-bond donors (Lipinski definition) is 0. The molecule has 0 amide bonds. The molecule has 0 bridgehead atoms. The summed E-state index contributed by atoms with van der Waals surface area (Å²) in [6.45, 7) is 3.99. The minimum atomic E-state index is 0.458. The summed E-state index contributed by atoms with van der Waals surface area (Å²) in [6, 6.07) is 18.4. The van der Waals surface area contributed by atoms with E-state index < -0.39 is 0 Å². The van der Waals surface area contributed by atoms with Gasteiger partial charge in [0.1, 0.15) is 0 Å². The maximum Gasteiger partial charge on any atom is 0.154 e. The molecule has 0 saturated heterocycles. The molecule has 0 aliphatic heterocycles. The Bertz CT molecular complexity index is 741. The summed E-state index contributed by atoms with van der Waals surface area (Å²) in [5.74, 6) is 0.531. The number of nitrogens with zero attached hydrogens (tertiary/aromatic N) is 4. The van der Waals surface area contributed by atoms with Crippen LogP contribution in [-0.2, 0) is 6.54 Å². The molecule has 0 aliphatic carbocycles. The van der Waals surface area contributed by atoms with Crippen molar-refractivity contribution in [2.45, 2.75) is 6.54 Å². The molecular formula is C17H12N4. The van der Waals surface area contributed by atoms with Crippen molar-refractivity contribution in [3.63, 3.8) is 0 Å². The first-order valence-corrected chi connectivity index (χ1v) is 6.27. The van der Waals surface area contributed by atoms with E-state index in [-0.39, 0.29) is 0 Å². The lowest BCUT2D eigenvalue weighted by Crippen LogP contribution is -1.98. The number of hydrogen-bond acceptors (Lipinski definition) is 3. The zero-order valence-electron chi connectivity index (χ0n) is 11.3. The van der Waals surface area contributed by atoms with Gasteiger partial charge in [0.25, 0.3) is 0 Å². The number of aliphatic imine (C=N–C) groups is 2. The highest BCUT2D eigenvalue weighted by Gasteiger charge is 2.01. The Morgan fingerprint density at radius 1 is 0.905 bits per heavy atom. The van der Waals surface area contributed by atoms with E-state index in [4.69, 9.17) is 10.5 Å². The summed E-state index contributed by atoms with van der Waals surface area (Å²) in [6.07, 6.45) is 0. The van der Waals surface area contributed by atoms with Gasteiger partial charge >= 0.3 is 0 Å². The smallest absolute Gasteiger partial charge is 0.154 e. The maximum absolute atomic E-state index is 8.78. The Morgan fingerprint density at radius 2 is 1.43 bits per heavy atom. The van der Waals surface area contributed by atoms with E-state index in [1.165, 1.54) is 0 Å². The molecule has 0 fully saturated rings. The number of rotatable bonds is 3. The molecule has 0 aliphatic rings. The molecule has 2 aromatic rings. The van der Waals surface area contributed by atoms with Crippen molar-refractivity contribution in [1.82, 2.24) is 0 Å². The Labute approximate surface area is 123 Å². The maximum atomic E-state index is 8.78. The van der Waals surface area contributed by atoms with Crippen molar-refractivity contribution in [1.29, 1.82) is 10.5 Å². The first kappa shape index (κ1) is 14.2. The monoisotopic (exact) mass is 272 g/mol. The number of amidine groups is 1. The van der Waals surface area contributed by atoms with Gasteiger partial charge in [-0.3, -0.25) is 4.99 Å². The van der Waals surface area contributed by atoms with Crippen LogP contribution in [0.3, 0.4) is 0 Å². The van der Waals surface area contributed by atoms with Crippen LogP contribution in [-0.4, -0.2) is 12.6 Å². The highest BCUT2D eigenvalue weighted by molar-refractivity contribution is 6.01. The summed E-state index contributed by atoms with van der Waals surface area (Å²) >= 11 is 0. The van der Waals surface area contributed by atoms with Gasteiger partial charge in [-0.2, -0.15) is 10.5 Å². The van der Waals surface area contributed by atoms with Gasteiger partial charge in [0.05, 0.1) is 29.8 Å². The summed E-state index contributed by atoms with van der Waals surface area (Å²) in [7, 11) is 0. The van der Waals surface area contributed by atoms with Gasteiger partial charge in [-0.1, -0.05) is 12.1 Å². The lowest BCUT2D eigenvalue weighted by molar-refractivity contribution is 1.06. The molecule has 0 radical (unpaired) electrons. The van der Waals surface area contributed by atoms with E-state index in [0.717, 1.165) is 11.1 Å². The van der Waals surface area contributed by atoms with Crippen molar-refractivity contribution < 1.29 is 0 Å². The largest absolute Gasteiger partial charge is 0.261 e. The second-order valence-corrected chi connectivity index (χ2v) is 4.30. The van der Waals surface area contributed by atoms with Crippen molar-refractivity contribution in [2.24, 2.45) is 9.98 Å². The quantitative estimate of drug-likeness (QED) is 0.636. The molecule has 21 heavy (non-hydrogen) atoms. The summed E-state index contributed by atoms with van der Waals surface area (Å²) in [4.78, 5) is 8.34. The van der Waals surface area contributed by atoms with Crippen LogP contribution in [0.1, 0.15) is 22.3 Å². The van der Waals surface area contributed by atoms with Gasteiger partial charge in [-0.15, -0.1) is 0 Å². The SMILES string of the molecule is C=NC(=NCc1ccc(C#N)cc1)c1ccc(C#N)cc1. The van der Waals surface area contributed by atoms with Crippen LogP contribution in [0.25, 0.3) is 0 Å². The molecule has 0 heterocycles. The Morgan fingerprint density at radius 3 is 1.90 bits per heavy atom. The first-order chi connectivity index (χ1) is 10.3. The van der Waals surface area contributed by atoms with E-state index in [9.17, 15) is 0 Å². The topological polar surface area (TPSA) is 72.3 Å². The van der Waals surface area contributed by atoms with Crippen LogP contribution >= 0.6 is 0 Å². The Hall–Kier alpha value is -3.24. The molecule has 4 nitrogen and oxygen atoms in total. The molecular weight excluding hydrogens is 260 g/mol. The van der Waals surface area contributed by atoms with Gasteiger partial charge in [0.2, 0.25) is 0 Å². The lowest BCUT2D eigenvalue weighted by atomic mass is 10.1. The third-order valence-corrected chi connectivity index (χ3v) is 2.92. The third-order valence-electron chi connectivity index (χ3n) is 2.92. The van der Waals surface area contributed by atoms with Crippen molar-refractivity contribution in [3.8, 4) is 12.1 Å². The van der Waals surface area contributed by atoms with E-state index in [2.05, 4.69) is 28.8 Å². The predicted octanol–water partition coefficient (Wildman–Crippen LogP) is 3.08. The van der Waals surface area contributed by atoms with Gasteiger partial charge in [0.15, 0.2) is 5.84 Å². The van der Waals surface area contributed by atoms with Crippen LogP contribution in [0.15, 0.2) is 58.5 Å². The third kappa shape index (κ3) is 3.62. The van der Waals surface area contributed by atoms with Crippen LogP contribution in [0, 0.1) is 22.7 Å². The molecule has 4 heteroatoms. The van der Waals surface area contributed by atoms with Crippen LogP contribution < -0.4 is 0 Å². The van der Waals surface area contributed by atoms with Crippen LogP contribution in [0.5, 0.6) is 0 Å². The molecule has 0 spiro atoms. The highest BCUT2D eigenvalue weighted by Crippen LogP contribution is 2.09. The molecule has 0 saturated carbocycles. The van der Waals surface area contributed by atoms with E-state index in [0.29, 0.717) is 23.5 Å². The molecule has 0 N–H and O–H groups in total. The Kier molecular flexibility index (Phi) is 4.58. The van der Waals surface area contributed by atoms with Gasteiger partial charge in [-0.25, -0.2) is 4.99 Å². The minimum absolute atomic E-state index is 0.458. The fourth-order valence-corrected chi connectivity index (χ4v) is 1.78. The van der Waals surface area contributed by atoms with Crippen molar-refractivity contribution in [2.75, 3.05) is 0 Å². The molecule has 2 rings (SSSR count). The zero-order valence-corrected chi connectivity index (χ0v) is 11.3. The predicted molar refractivity (Wildman–Crippen MR) is 82.1 cm³/mol. The average Bonchev–Trinajstić information content (AvgIpc) is 2.56. The van der Waals surface area contributed by atoms with Gasteiger partial charge in [-0.05, 0) is 48.7 Å².